The number of hydrogen-bond acceptors (Lipinski definition) is 2. The van der Waals surface area contributed by atoms with Gasteiger partial charge < -0.3 is 9.80 Å². The molecule has 1 atom stereocenters. The summed E-state index contributed by atoms with van der Waals surface area (Å²) >= 11 is 0. The number of rotatable bonds is 14. The maximum Gasteiger partial charge on any atom is 0.113 e. The quantitative estimate of drug-likeness (QED) is 0.0797. The maximum atomic E-state index is 2.51. The monoisotopic (exact) mass is 814 g/mol. The summed E-state index contributed by atoms with van der Waals surface area (Å²) in [6.07, 6.45) is 12.5. The van der Waals surface area contributed by atoms with Crippen LogP contribution in [-0.4, -0.2) is 8.07 Å². The van der Waals surface area contributed by atoms with Crippen molar-refractivity contribution < 1.29 is 0 Å². The van der Waals surface area contributed by atoms with E-state index in [-0.39, 0.29) is 5.41 Å². The van der Waals surface area contributed by atoms with E-state index in [9.17, 15) is 0 Å². The van der Waals surface area contributed by atoms with E-state index >= 15 is 0 Å². The fraction of sp³-hybridized carbons (Fsp3) is 0.276. The molecule has 1 heterocycles. The fourth-order valence-electron chi connectivity index (χ4n) is 10.8. The highest BCUT2D eigenvalue weighted by atomic mass is 28.3. The number of nitrogens with zero attached hydrogens (tertiary/aromatic N) is 2. The third kappa shape index (κ3) is 7.90. The summed E-state index contributed by atoms with van der Waals surface area (Å²) in [5.74, 6) is 0.683. The van der Waals surface area contributed by atoms with Gasteiger partial charge in [-0.15, -0.1) is 0 Å². The molecule has 1 fully saturated rings. The Hall–Kier alpha value is -5.64. The smallest absolute Gasteiger partial charge is 0.113 e. The molecule has 308 valence electrons. The Morgan fingerprint density at radius 1 is 0.475 bits per heavy atom. The molecule has 0 N–H and O–H groups in total. The molecule has 0 radical (unpaired) electrons. The normalized spacial score (nSPS) is 15.4. The third-order valence-electron chi connectivity index (χ3n) is 14.2. The maximum absolute atomic E-state index is 2.51. The highest BCUT2D eigenvalue weighted by molar-refractivity contribution is 7.03. The van der Waals surface area contributed by atoms with Crippen molar-refractivity contribution in [3.63, 3.8) is 0 Å². The Morgan fingerprint density at radius 2 is 0.951 bits per heavy atom. The van der Waals surface area contributed by atoms with Gasteiger partial charge in [0.1, 0.15) is 8.07 Å². The number of unbranched alkanes of at least 4 members (excludes halogenated alkanes) is 2. The SMILES string of the molecule is CCCCCC(CC)(c1ccc(N(c2ccccc2)c2ccccc2)cc1)c1ccc(N(c2ccc(C3CCCCC3)cc2)c2ccc3c(c2)-c2ccccc2[Si]3(C)C)cc1. The van der Waals surface area contributed by atoms with Crippen molar-refractivity contribution >= 4 is 52.6 Å². The van der Waals surface area contributed by atoms with Gasteiger partial charge in [-0.05, 0) is 143 Å². The second-order valence-electron chi connectivity index (χ2n) is 18.2. The van der Waals surface area contributed by atoms with Gasteiger partial charge in [0.05, 0.1) is 0 Å². The number of fused-ring (bicyclic) bond motifs is 3. The average molecular weight is 815 g/mol. The molecule has 3 heteroatoms. The Labute approximate surface area is 367 Å². The number of benzene rings is 7. The van der Waals surface area contributed by atoms with Crippen LogP contribution in [0.15, 0.2) is 176 Å². The Balaban J connectivity index is 1.11. The first-order valence-electron chi connectivity index (χ1n) is 23.2. The third-order valence-corrected chi connectivity index (χ3v) is 17.8. The molecule has 0 aromatic heterocycles. The molecule has 0 saturated heterocycles. The lowest BCUT2D eigenvalue weighted by Gasteiger charge is -2.36. The standard InChI is InChI=1S/C58H62N2Si/c1-5-7-19-42-58(6-2,46-30-36-51(37-31-46)59(48-22-13-9-14-23-48)49-24-15-10-16-25-49)47-32-38-52(39-33-47)60(50-34-28-45(29-35-50)44-20-11-8-12-21-44)53-40-41-57-55(43-53)54-26-17-18-27-56(54)61(57,3)4/h9-10,13-18,22-41,43-44H,5-8,11-12,19-21,42H2,1-4H3. The lowest BCUT2D eigenvalue weighted by molar-refractivity contribution is 0.431. The van der Waals surface area contributed by atoms with Gasteiger partial charge in [0.15, 0.2) is 0 Å². The van der Waals surface area contributed by atoms with Crippen LogP contribution >= 0.6 is 0 Å². The van der Waals surface area contributed by atoms with E-state index in [2.05, 4.69) is 213 Å². The summed E-state index contributed by atoms with van der Waals surface area (Å²) in [6.45, 7) is 9.72. The molecule has 0 bridgehead atoms. The molecule has 7 aromatic carbocycles. The summed E-state index contributed by atoms with van der Waals surface area (Å²) < 4.78 is 0. The van der Waals surface area contributed by atoms with Crippen LogP contribution in [0, 0.1) is 0 Å². The van der Waals surface area contributed by atoms with Gasteiger partial charge in [0.25, 0.3) is 0 Å². The molecule has 2 aliphatic rings. The van der Waals surface area contributed by atoms with Crippen LogP contribution in [0.1, 0.15) is 101 Å². The Morgan fingerprint density at radius 3 is 1.51 bits per heavy atom. The van der Waals surface area contributed by atoms with E-state index in [0.717, 1.165) is 24.2 Å². The zero-order valence-electron chi connectivity index (χ0n) is 36.8. The summed E-state index contributed by atoms with van der Waals surface area (Å²) in [6, 6.07) is 66.7. The molecule has 9 rings (SSSR count). The molecule has 1 unspecified atom stereocenters. The molecule has 0 amide bonds. The number of anilines is 6. The van der Waals surface area contributed by atoms with Gasteiger partial charge in [-0.2, -0.15) is 0 Å². The lowest BCUT2D eigenvalue weighted by atomic mass is 9.69. The zero-order valence-corrected chi connectivity index (χ0v) is 37.8. The molecule has 2 nitrogen and oxygen atoms in total. The van der Waals surface area contributed by atoms with Gasteiger partial charge in [-0.3, -0.25) is 0 Å². The minimum Gasteiger partial charge on any atom is -0.311 e. The van der Waals surface area contributed by atoms with E-state index in [1.165, 1.54) is 102 Å². The first-order chi connectivity index (χ1) is 29.9. The first kappa shape index (κ1) is 40.7. The van der Waals surface area contributed by atoms with Crippen molar-refractivity contribution in [1.29, 1.82) is 0 Å². The predicted molar refractivity (Wildman–Crippen MR) is 265 cm³/mol. The summed E-state index contributed by atoms with van der Waals surface area (Å²) in [5.41, 5.74) is 14.1. The summed E-state index contributed by atoms with van der Waals surface area (Å²) in [4.78, 5) is 4.87. The second kappa shape index (κ2) is 17.8. The van der Waals surface area contributed by atoms with Crippen molar-refractivity contribution in [2.45, 2.75) is 102 Å². The minimum atomic E-state index is -1.77. The molecule has 1 aliphatic carbocycles. The fourth-order valence-corrected chi connectivity index (χ4v) is 13.9. The largest absolute Gasteiger partial charge is 0.311 e. The molecular formula is C58H62N2Si. The van der Waals surface area contributed by atoms with Crippen molar-refractivity contribution in [2.75, 3.05) is 9.80 Å². The van der Waals surface area contributed by atoms with Crippen molar-refractivity contribution in [2.24, 2.45) is 0 Å². The molecule has 0 spiro atoms. The predicted octanol–water partition coefficient (Wildman–Crippen LogP) is 15.8. The second-order valence-corrected chi connectivity index (χ2v) is 22.5. The van der Waals surface area contributed by atoms with E-state index in [1.54, 1.807) is 10.4 Å². The topological polar surface area (TPSA) is 6.48 Å². The van der Waals surface area contributed by atoms with Crippen LogP contribution in [0.3, 0.4) is 0 Å². The van der Waals surface area contributed by atoms with Crippen LogP contribution in [0.25, 0.3) is 11.1 Å². The van der Waals surface area contributed by atoms with E-state index in [0.29, 0.717) is 5.92 Å². The van der Waals surface area contributed by atoms with E-state index in [4.69, 9.17) is 0 Å². The molecule has 7 aromatic rings. The molecule has 1 saturated carbocycles. The van der Waals surface area contributed by atoms with Crippen LogP contribution < -0.4 is 20.2 Å². The van der Waals surface area contributed by atoms with Gasteiger partial charge in [-0.1, -0.05) is 169 Å². The average Bonchev–Trinajstić information content (AvgIpc) is 3.55. The van der Waals surface area contributed by atoms with Gasteiger partial charge in [0.2, 0.25) is 0 Å². The van der Waals surface area contributed by atoms with Crippen molar-refractivity contribution in [3.05, 3.63) is 193 Å². The van der Waals surface area contributed by atoms with E-state index < -0.39 is 8.07 Å². The molecular weight excluding hydrogens is 753 g/mol. The van der Waals surface area contributed by atoms with E-state index in [1.807, 2.05) is 0 Å². The number of hydrogen-bond donors (Lipinski definition) is 0. The lowest BCUT2D eigenvalue weighted by Crippen LogP contribution is -2.49. The summed E-state index contributed by atoms with van der Waals surface area (Å²) in [7, 11) is -1.77. The van der Waals surface area contributed by atoms with Gasteiger partial charge in [0, 0.05) is 39.5 Å². The molecule has 61 heavy (non-hydrogen) atoms. The summed E-state index contributed by atoms with van der Waals surface area (Å²) in [5, 5.41) is 3.09. The van der Waals surface area contributed by atoms with Crippen LogP contribution in [0.5, 0.6) is 0 Å². The van der Waals surface area contributed by atoms with Gasteiger partial charge in [-0.25, -0.2) is 0 Å². The van der Waals surface area contributed by atoms with Crippen LogP contribution in [0.2, 0.25) is 13.1 Å². The molecule has 1 aliphatic heterocycles. The Kier molecular flexibility index (Phi) is 11.9. The zero-order chi connectivity index (χ0) is 41.8. The Bertz CT molecular complexity index is 2480. The number of para-hydroxylation sites is 2. The van der Waals surface area contributed by atoms with Crippen LogP contribution in [0.4, 0.5) is 34.1 Å². The van der Waals surface area contributed by atoms with Crippen LogP contribution in [-0.2, 0) is 5.41 Å². The first-order valence-corrected chi connectivity index (χ1v) is 26.2. The van der Waals surface area contributed by atoms with Gasteiger partial charge >= 0.3 is 0 Å². The highest BCUT2D eigenvalue weighted by Gasteiger charge is 2.38. The van der Waals surface area contributed by atoms with Crippen molar-refractivity contribution in [1.82, 2.24) is 0 Å². The minimum absolute atomic E-state index is 0.101. The van der Waals surface area contributed by atoms with Crippen molar-refractivity contribution in [3.8, 4) is 11.1 Å². The highest BCUT2D eigenvalue weighted by Crippen LogP contribution is 2.45.